The van der Waals surface area contributed by atoms with Crippen molar-refractivity contribution in [2.24, 2.45) is 5.92 Å². The van der Waals surface area contributed by atoms with E-state index in [0.717, 1.165) is 10.8 Å². The maximum absolute atomic E-state index is 12.0. The number of amides is 2. The van der Waals surface area contributed by atoms with Gasteiger partial charge < -0.3 is 10.2 Å². The first-order valence-corrected chi connectivity index (χ1v) is 8.93. The largest absolute Gasteiger partial charge is 0.351 e. The van der Waals surface area contributed by atoms with Crippen molar-refractivity contribution in [3.8, 4) is 0 Å². The fraction of sp³-hybridized carbons (Fsp3) is 0.467. The van der Waals surface area contributed by atoms with E-state index in [-0.39, 0.29) is 17.3 Å². The van der Waals surface area contributed by atoms with Gasteiger partial charge in [0.25, 0.3) is 5.91 Å². The maximum Gasteiger partial charge on any atom is 0.251 e. The van der Waals surface area contributed by atoms with Crippen molar-refractivity contribution >= 4 is 27.5 Å². The second-order valence-electron chi connectivity index (χ2n) is 5.89. The lowest BCUT2D eigenvalue weighted by Gasteiger charge is -2.15. The number of benzene rings is 1. The molecule has 1 aliphatic rings. The third kappa shape index (κ3) is 3.89. The van der Waals surface area contributed by atoms with Crippen LogP contribution in [0, 0.1) is 5.92 Å². The van der Waals surface area contributed by atoms with Crippen molar-refractivity contribution in [1.82, 2.24) is 10.2 Å². The number of nitrogens with zero attached hydrogens (tertiary/aromatic N) is 2. The smallest absolute Gasteiger partial charge is 0.251 e. The van der Waals surface area contributed by atoms with Crippen LogP contribution >= 0.6 is 0 Å². The lowest BCUT2D eigenvalue weighted by Crippen LogP contribution is -2.32. The molecule has 0 bridgehead atoms. The Morgan fingerprint density at radius 3 is 2.39 bits per heavy atom. The van der Waals surface area contributed by atoms with E-state index < -0.39 is 21.8 Å². The number of likely N-dealkylation sites (N-methyl/N-ethyl adjacent to an activating group) is 1. The van der Waals surface area contributed by atoms with Gasteiger partial charge in [-0.25, -0.2) is 12.7 Å². The zero-order valence-electron chi connectivity index (χ0n) is 13.4. The summed E-state index contributed by atoms with van der Waals surface area (Å²) in [6.07, 6.45) is 0. The fourth-order valence-corrected chi connectivity index (χ4v) is 4.15. The predicted octanol–water partition coefficient (Wildman–Crippen LogP) is 0.291. The third-order valence-corrected chi connectivity index (χ3v) is 5.44. The van der Waals surface area contributed by atoms with Crippen molar-refractivity contribution < 1.29 is 18.0 Å². The summed E-state index contributed by atoms with van der Waals surface area (Å²) in [5, 5.41) is 2.77. The van der Waals surface area contributed by atoms with Gasteiger partial charge >= 0.3 is 0 Å². The molecule has 1 fully saturated rings. The molecular weight excluding hydrogens is 318 g/mol. The Bertz CT molecular complexity index is 698. The van der Waals surface area contributed by atoms with E-state index in [0.29, 0.717) is 12.1 Å². The predicted molar refractivity (Wildman–Crippen MR) is 87.8 cm³/mol. The van der Waals surface area contributed by atoms with Crippen LogP contribution in [0.15, 0.2) is 24.3 Å². The molecule has 1 N–H and O–H groups in total. The Hall–Kier alpha value is -1.93. The molecule has 2 rings (SSSR count). The third-order valence-electron chi connectivity index (χ3n) is 3.57. The van der Waals surface area contributed by atoms with Crippen LogP contribution in [0.2, 0.25) is 0 Å². The summed E-state index contributed by atoms with van der Waals surface area (Å²) in [7, 11) is 0.207. The van der Waals surface area contributed by atoms with Crippen molar-refractivity contribution in [3.05, 3.63) is 29.8 Å². The lowest BCUT2D eigenvalue weighted by molar-refractivity contribution is -0.119. The molecule has 1 aromatic carbocycles. The number of anilines is 1. The molecule has 1 aliphatic heterocycles. The molecule has 1 heterocycles. The molecule has 1 atom stereocenters. The molecule has 7 nitrogen and oxygen atoms in total. The second kappa shape index (κ2) is 6.67. The number of carbonyl (C=O) groups excluding carboxylic acids is 2. The molecule has 0 saturated carbocycles. The van der Waals surface area contributed by atoms with Gasteiger partial charge in [0, 0.05) is 18.7 Å². The van der Waals surface area contributed by atoms with Crippen LogP contribution in [0.1, 0.15) is 17.3 Å². The highest BCUT2D eigenvalue weighted by Gasteiger charge is 2.41. The molecule has 0 aliphatic carbocycles. The minimum Gasteiger partial charge on any atom is -0.351 e. The minimum atomic E-state index is -3.62. The van der Waals surface area contributed by atoms with Crippen molar-refractivity contribution in [2.75, 3.05) is 37.2 Å². The first-order valence-electron chi connectivity index (χ1n) is 7.32. The zero-order chi connectivity index (χ0) is 17.2. The Morgan fingerprint density at radius 1 is 1.30 bits per heavy atom. The van der Waals surface area contributed by atoms with Crippen LogP contribution in [0.5, 0.6) is 0 Å². The number of carbonyl (C=O) groups is 2. The quantitative estimate of drug-likeness (QED) is 0.833. The number of rotatable bonds is 5. The first kappa shape index (κ1) is 17.4. The van der Waals surface area contributed by atoms with Crippen molar-refractivity contribution in [2.45, 2.75) is 6.92 Å². The summed E-state index contributed by atoms with van der Waals surface area (Å²) in [4.78, 5) is 25.9. The number of hydrogen-bond acceptors (Lipinski definition) is 5. The fourth-order valence-electron chi connectivity index (χ4n) is 2.33. The van der Waals surface area contributed by atoms with E-state index in [2.05, 4.69) is 5.32 Å². The first-order chi connectivity index (χ1) is 10.7. The van der Waals surface area contributed by atoms with Gasteiger partial charge in [-0.15, -0.1) is 0 Å². The zero-order valence-corrected chi connectivity index (χ0v) is 14.3. The topological polar surface area (TPSA) is 86.8 Å². The van der Waals surface area contributed by atoms with Crippen LogP contribution in [-0.2, 0) is 14.8 Å². The maximum atomic E-state index is 12.0. The highest BCUT2D eigenvalue weighted by molar-refractivity contribution is 7.94. The molecule has 1 aromatic rings. The Balaban J connectivity index is 2.11. The van der Waals surface area contributed by atoms with E-state index in [1.165, 1.54) is 24.3 Å². The van der Waals surface area contributed by atoms with Gasteiger partial charge in [-0.3, -0.25) is 9.59 Å². The van der Waals surface area contributed by atoms with Crippen LogP contribution in [-0.4, -0.2) is 58.1 Å². The summed E-state index contributed by atoms with van der Waals surface area (Å²) in [6, 6.07) is 6.00. The molecule has 0 unspecified atom stereocenters. The minimum absolute atomic E-state index is 0.182. The van der Waals surface area contributed by atoms with Crippen LogP contribution in [0.25, 0.3) is 0 Å². The van der Waals surface area contributed by atoms with Gasteiger partial charge in [-0.2, -0.15) is 0 Å². The molecule has 1 saturated heterocycles. The molecule has 0 radical (unpaired) electrons. The monoisotopic (exact) mass is 339 g/mol. The molecular formula is C15H21N3O4S. The Kier molecular flexibility index (Phi) is 5.06. The van der Waals surface area contributed by atoms with Gasteiger partial charge in [0.1, 0.15) is 0 Å². The van der Waals surface area contributed by atoms with E-state index in [1.54, 1.807) is 6.92 Å². The number of sulfonamides is 1. The molecule has 0 aromatic heterocycles. The standard InChI is InChI=1S/C15H21N3O4S/c1-11-10-23(21,22)18(15(11)20)13-6-4-12(5-7-13)14(19)16-8-9-17(2)3/h4-7,11H,8-10H2,1-3H3,(H,16,19)/t11-/m0/s1. The van der Waals surface area contributed by atoms with Gasteiger partial charge in [-0.05, 0) is 38.4 Å². The van der Waals surface area contributed by atoms with E-state index in [4.69, 9.17) is 0 Å². The number of nitrogens with one attached hydrogen (secondary N) is 1. The number of hydrogen-bond donors (Lipinski definition) is 1. The van der Waals surface area contributed by atoms with Gasteiger partial charge in [0.2, 0.25) is 15.9 Å². The van der Waals surface area contributed by atoms with Gasteiger partial charge in [0.15, 0.2) is 0 Å². The normalized spacial score (nSPS) is 20.1. The molecule has 23 heavy (non-hydrogen) atoms. The second-order valence-corrected chi connectivity index (χ2v) is 7.75. The van der Waals surface area contributed by atoms with Crippen LogP contribution < -0.4 is 9.62 Å². The summed E-state index contributed by atoms with van der Waals surface area (Å²) >= 11 is 0. The summed E-state index contributed by atoms with van der Waals surface area (Å²) < 4.78 is 24.9. The Labute approximate surface area is 136 Å². The van der Waals surface area contributed by atoms with Crippen LogP contribution in [0.4, 0.5) is 5.69 Å². The summed E-state index contributed by atoms with van der Waals surface area (Å²) in [6.45, 7) is 2.83. The van der Waals surface area contributed by atoms with E-state index in [1.807, 2.05) is 19.0 Å². The molecule has 0 spiro atoms. The van der Waals surface area contributed by atoms with Gasteiger partial charge in [0.05, 0.1) is 17.4 Å². The van der Waals surface area contributed by atoms with Crippen molar-refractivity contribution in [1.29, 1.82) is 0 Å². The Morgan fingerprint density at radius 2 is 1.91 bits per heavy atom. The van der Waals surface area contributed by atoms with E-state index >= 15 is 0 Å². The van der Waals surface area contributed by atoms with E-state index in [9.17, 15) is 18.0 Å². The average Bonchev–Trinajstić information content (AvgIpc) is 2.67. The SMILES string of the molecule is C[C@H]1CS(=O)(=O)N(c2ccc(C(=O)NCCN(C)C)cc2)C1=O. The highest BCUT2D eigenvalue weighted by atomic mass is 32.2. The summed E-state index contributed by atoms with van der Waals surface area (Å²) in [5.41, 5.74) is 0.689. The van der Waals surface area contributed by atoms with Crippen molar-refractivity contribution in [3.63, 3.8) is 0 Å². The van der Waals surface area contributed by atoms with Gasteiger partial charge in [-0.1, -0.05) is 6.92 Å². The molecule has 126 valence electrons. The molecule has 2 amide bonds. The summed E-state index contributed by atoms with van der Waals surface area (Å²) in [5.74, 6) is -1.40. The highest BCUT2D eigenvalue weighted by Crippen LogP contribution is 2.28. The molecule has 8 heteroatoms. The van der Waals surface area contributed by atoms with Crippen LogP contribution in [0.3, 0.4) is 0 Å². The lowest BCUT2D eigenvalue weighted by atomic mass is 10.1. The average molecular weight is 339 g/mol.